The van der Waals surface area contributed by atoms with Crippen LogP contribution in [0.5, 0.6) is 0 Å². The number of hydrogen-bond donors (Lipinski definition) is 2. The third-order valence-electron chi connectivity index (χ3n) is 4.30. The Morgan fingerprint density at radius 2 is 2.04 bits per heavy atom. The number of carbonyl (C=O) groups is 2. The van der Waals surface area contributed by atoms with Crippen LogP contribution in [0.1, 0.15) is 24.8 Å². The molecule has 2 rings (SSSR count). The Morgan fingerprint density at radius 1 is 1.30 bits per heavy atom. The van der Waals surface area contributed by atoms with Gasteiger partial charge >= 0.3 is 0 Å². The quantitative estimate of drug-likeness (QED) is 0.794. The molecule has 2 N–H and O–H groups in total. The number of rotatable bonds is 7. The van der Waals surface area contributed by atoms with Crippen LogP contribution in [0.3, 0.4) is 0 Å². The number of nitrogens with one attached hydrogen (secondary N) is 2. The molecule has 1 aliphatic rings. The Kier molecular flexibility index (Phi) is 6.59. The zero-order valence-corrected chi connectivity index (χ0v) is 14.0. The highest BCUT2D eigenvalue weighted by Crippen LogP contribution is 2.14. The molecule has 0 bridgehead atoms. The van der Waals surface area contributed by atoms with E-state index in [2.05, 4.69) is 10.6 Å². The van der Waals surface area contributed by atoms with Crippen molar-refractivity contribution in [1.82, 2.24) is 15.5 Å². The monoisotopic (exact) mass is 317 g/mol. The summed E-state index contributed by atoms with van der Waals surface area (Å²) in [5, 5.41) is 6.23. The van der Waals surface area contributed by atoms with E-state index in [-0.39, 0.29) is 11.8 Å². The van der Waals surface area contributed by atoms with Gasteiger partial charge < -0.3 is 15.5 Å². The summed E-state index contributed by atoms with van der Waals surface area (Å²) in [5.74, 6) is 0.482. The molecule has 2 amide bonds. The van der Waals surface area contributed by atoms with E-state index < -0.39 is 6.04 Å². The van der Waals surface area contributed by atoms with E-state index in [9.17, 15) is 9.59 Å². The maximum Gasteiger partial charge on any atom is 0.244 e. The highest BCUT2D eigenvalue weighted by atomic mass is 16.2. The maximum absolute atomic E-state index is 12.3. The average Bonchev–Trinajstić information content (AvgIpc) is 3.06. The molecule has 1 saturated heterocycles. The molecule has 1 aromatic carbocycles. The Bertz CT molecular complexity index is 510. The van der Waals surface area contributed by atoms with Gasteiger partial charge in [0.1, 0.15) is 6.04 Å². The molecule has 2 unspecified atom stereocenters. The van der Waals surface area contributed by atoms with E-state index >= 15 is 0 Å². The minimum atomic E-state index is -0.499. The van der Waals surface area contributed by atoms with Crippen molar-refractivity contribution in [2.45, 2.75) is 31.7 Å². The summed E-state index contributed by atoms with van der Waals surface area (Å²) in [7, 11) is 3.44. The smallest absolute Gasteiger partial charge is 0.244 e. The summed E-state index contributed by atoms with van der Waals surface area (Å²) in [5.41, 5.74) is 1.05. The van der Waals surface area contributed by atoms with E-state index in [1.54, 1.807) is 14.1 Å². The van der Waals surface area contributed by atoms with Crippen LogP contribution in [0.4, 0.5) is 0 Å². The highest BCUT2D eigenvalue weighted by Gasteiger charge is 2.23. The lowest BCUT2D eigenvalue weighted by Gasteiger charge is -2.22. The van der Waals surface area contributed by atoms with Gasteiger partial charge in [-0.1, -0.05) is 30.3 Å². The van der Waals surface area contributed by atoms with Gasteiger partial charge in [-0.3, -0.25) is 9.59 Å². The van der Waals surface area contributed by atoms with E-state index in [4.69, 9.17) is 0 Å². The van der Waals surface area contributed by atoms with Gasteiger partial charge in [-0.25, -0.2) is 0 Å². The number of benzene rings is 1. The van der Waals surface area contributed by atoms with Gasteiger partial charge in [0.25, 0.3) is 0 Å². The SMILES string of the molecule is CN(C)C(=O)C(Cc1ccccc1)NC(=O)CCC1CCNC1. The number of nitrogens with zero attached hydrogens (tertiary/aromatic N) is 1. The Morgan fingerprint density at radius 3 is 2.65 bits per heavy atom. The lowest BCUT2D eigenvalue weighted by atomic mass is 10.0. The van der Waals surface area contributed by atoms with Crippen molar-refractivity contribution < 1.29 is 9.59 Å². The second-order valence-electron chi connectivity index (χ2n) is 6.44. The molecule has 0 spiro atoms. The Hall–Kier alpha value is -1.88. The van der Waals surface area contributed by atoms with Crippen LogP contribution in [0.2, 0.25) is 0 Å². The van der Waals surface area contributed by atoms with Gasteiger partial charge in [0.2, 0.25) is 11.8 Å². The first-order valence-corrected chi connectivity index (χ1v) is 8.31. The van der Waals surface area contributed by atoms with Gasteiger partial charge in [0, 0.05) is 26.9 Å². The van der Waals surface area contributed by atoms with Crippen molar-refractivity contribution in [3.8, 4) is 0 Å². The van der Waals surface area contributed by atoms with Gasteiger partial charge in [-0.05, 0) is 37.4 Å². The van der Waals surface area contributed by atoms with E-state index in [1.807, 2.05) is 30.3 Å². The zero-order valence-electron chi connectivity index (χ0n) is 14.0. The van der Waals surface area contributed by atoms with Gasteiger partial charge in [0.15, 0.2) is 0 Å². The lowest BCUT2D eigenvalue weighted by molar-refractivity contribution is -0.134. The first-order valence-electron chi connectivity index (χ1n) is 8.31. The fourth-order valence-corrected chi connectivity index (χ4v) is 2.92. The number of amides is 2. The van der Waals surface area contributed by atoms with Crippen molar-refractivity contribution in [2.24, 2.45) is 5.92 Å². The molecule has 0 aromatic heterocycles. The van der Waals surface area contributed by atoms with Crippen molar-refractivity contribution in [1.29, 1.82) is 0 Å². The third-order valence-corrected chi connectivity index (χ3v) is 4.30. The summed E-state index contributed by atoms with van der Waals surface area (Å²) < 4.78 is 0. The van der Waals surface area contributed by atoms with Crippen LogP contribution in [-0.4, -0.2) is 49.9 Å². The minimum Gasteiger partial charge on any atom is -0.347 e. The molecule has 0 radical (unpaired) electrons. The van der Waals surface area contributed by atoms with Crippen LogP contribution >= 0.6 is 0 Å². The van der Waals surface area contributed by atoms with Crippen molar-refractivity contribution in [2.75, 3.05) is 27.2 Å². The van der Waals surface area contributed by atoms with E-state index in [0.717, 1.165) is 31.5 Å². The fourth-order valence-electron chi connectivity index (χ4n) is 2.92. The predicted octanol–water partition coefficient (Wildman–Crippen LogP) is 1.19. The van der Waals surface area contributed by atoms with Crippen molar-refractivity contribution >= 4 is 11.8 Å². The first-order chi connectivity index (χ1) is 11.1. The number of carbonyl (C=O) groups excluding carboxylic acids is 2. The van der Waals surface area contributed by atoms with Crippen LogP contribution in [-0.2, 0) is 16.0 Å². The molecule has 1 aromatic rings. The molecule has 126 valence electrons. The Balaban J connectivity index is 1.90. The molecular formula is C18H27N3O2. The largest absolute Gasteiger partial charge is 0.347 e. The molecule has 5 heteroatoms. The lowest BCUT2D eigenvalue weighted by Crippen LogP contribution is -2.47. The van der Waals surface area contributed by atoms with E-state index in [0.29, 0.717) is 18.8 Å². The van der Waals surface area contributed by atoms with Gasteiger partial charge in [0.05, 0.1) is 0 Å². The molecule has 1 heterocycles. The predicted molar refractivity (Wildman–Crippen MR) is 91.0 cm³/mol. The highest BCUT2D eigenvalue weighted by molar-refractivity contribution is 5.87. The molecule has 1 aliphatic heterocycles. The first kappa shape index (κ1) is 17.5. The van der Waals surface area contributed by atoms with Crippen LogP contribution < -0.4 is 10.6 Å². The summed E-state index contributed by atoms with van der Waals surface area (Å²) in [6.45, 7) is 2.04. The molecular weight excluding hydrogens is 290 g/mol. The van der Waals surface area contributed by atoms with Gasteiger partial charge in [-0.15, -0.1) is 0 Å². The number of hydrogen-bond acceptors (Lipinski definition) is 3. The summed E-state index contributed by atoms with van der Waals surface area (Å²) in [6.07, 6.45) is 3.03. The summed E-state index contributed by atoms with van der Waals surface area (Å²) in [6, 6.07) is 9.30. The molecule has 2 atom stereocenters. The zero-order chi connectivity index (χ0) is 16.7. The Labute approximate surface area is 138 Å². The van der Waals surface area contributed by atoms with E-state index in [1.165, 1.54) is 4.90 Å². The molecule has 0 saturated carbocycles. The second-order valence-corrected chi connectivity index (χ2v) is 6.44. The second kappa shape index (κ2) is 8.67. The number of likely N-dealkylation sites (N-methyl/N-ethyl adjacent to an activating group) is 1. The van der Waals surface area contributed by atoms with Crippen LogP contribution in [0.25, 0.3) is 0 Å². The molecule has 23 heavy (non-hydrogen) atoms. The fraction of sp³-hybridized carbons (Fsp3) is 0.556. The van der Waals surface area contributed by atoms with Crippen molar-refractivity contribution in [3.05, 3.63) is 35.9 Å². The molecule has 1 fully saturated rings. The normalized spacial score (nSPS) is 18.4. The standard InChI is InChI=1S/C18H27N3O2/c1-21(2)18(23)16(12-14-6-4-3-5-7-14)20-17(22)9-8-15-10-11-19-13-15/h3-7,15-16,19H,8-13H2,1-2H3,(H,20,22). The maximum atomic E-state index is 12.3. The molecule has 5 nitrogen and oxygen atoms in total. The summed E-state index contributed by atoms with van der Waals surface area (Å²) >= 11 is 0. The van der Waals surface area contributed by atoms with Gasteiger partial charge in [-0.2, -0.15) is 0 Å². The van der Waals surface area contributed by atoms with Crippen LogP contribution in [0.15, 0.2) is 30.3 Å². The summed E-state index contributed by atoms with van der Waals surface area (Å²) in [4.78, 5) is 26.1. The third kappa shape index (κ3) is 5.67. The van der Waals surface area contributed by atoms with Crippen molar-refractivity contribution in [3.63, 3.8) is 0 Å². The average molecular weight is 317 g/mol. The molecule has 0 aliphatic carbocycles. The topological polar surface area (TPSA) is 61.4 Å². The van der Waals surface area contributed by atoms with Crippen LogP contribution in [0, 0.1) is 5.92 Å². The minimum absolute atomic E-state index is 0.0342.